The fourth-order valence-electron chi connectivity index (χ4n) is 8.82. The third-order valence-electron chi connectivity index (χ3n) is 10.3. The van der Waals surface area contributed by atoms with Crippen LogP contribution in [0.15, 0.2) is 18.2 Å². The molecule has 3 aliphatic carbocycles. The van der Waals surface area contributed by atoms with E-state index in [0.717, 1.165) is 30.8 Å². The Hall–Kier alpha value is -0.860. The Labute approximate surface area is 176 Å². The summed E-state index contributed by atoms with van der Waals surface area (Å²) in [4.78, 5) is 0. The lowest BCUT2D eigenvalue weighted by molar-refractivity contribution is -0.272. The molecule has 2 aliphatic heterocycles. The maximum Gasteiger partial charge on any atom is 0.171 e. The Morgan fingerprint density at radius 1 is 1.07 bits per heavy atom. The van der Waals surface area contributed by atoms with Crippen molar-refractivity contribution in [2.45, 2.75) is 90.4 Å². The zero-order chi connectivity index (χ0) is 20.0. The van der Waals surface area contributed by atoms with Crippen molar-refractivity contribution in [3.05, 3.63) is 34.9 Å². The summed E-state index contributed by atoms with van der Waals surface area (Å²) in [5.41, 5.74) is 5.31. The van der Waals surface area contributed by atoms with Crippen LogP contribution in [-0.2, 0) is 15.9 Å². The van der Waals surface area contributed by atoms with Gasteiger partial charge in [0.1, 0.15) is 0 Å². The van der Waals surface area contributed by atoms with E-state index in [1.54, 1.807) is 11.1 Å². The summed E-state index contributed by atoms with van der Waals surface area (Å²) in [5.74, 6) is 4.08. The van der Waals surface area contributed by atoms with Crippen LogP contribution in [0.1, 0.15) is 81.9 Å². The normalized spacial score (nSPS) is 50.7. The lowest BCUT2D eigenvalue weighted by Gasteiger charge is -2.52. The van der Waals surface area contributed by atoms with Gasteiger partial charge >= 0.3 is 0 Å². The summed E-state index contributed by atoms with van der Waals surface area (Å²) in [5, 5.41) is 0. The van der Waals surface area contributed by atoms with Crippen molar-refractivity contribution >= 4 is 0 Å². The number of hydrogen-bond acceptors (Lipinski definition) is 2. The standard InChI is InChI=1S/C27H38O2/c1-16-10-13-27(28-15-16)18(3)25-24(29-27)14-23-22-9-8-19-17(2)6-5-7-20(19)21(22)11-12-26(23,25)4/h5-7,16,18,21-25H,8-15H2,1-4H3/t16-,18-,21-,22-,23-,24-,25-,26-,27-/m0/s1. The van der Waals surface area contributed by atoms with Crippen molar-refractivity contribution in [2.75, 3.05) is 6.61 Å². The molecular formula is C27H38O2. The fourth-order valence-corrected chi connectivity index (χ4v) is 8.82. The van der Waals surface area contributed by atoms with Gasteiger partial charge in [-0.1, -0.05) is 39.0 Å². The van der Waals surface area contributed by atoms with Crippen molar-refractivity contribution < 1.29 is 9.47 Å². The van der Waals surface area contributed by atoms with E-state index in [1.807, 2.05) is 0 Å². The van der Waals surface area contributed by atoms with Gasteiger partial charge in [0, 0.05) is 12.3 Å². The van der Waals surface area contributed by atoms with Crippen LogP contribution in [0.25, 0.3) is 0 Å². The van der Waals surface area contributed by atoms with Crippen LogP contribution in [0.4, 0.5) is 0 Å². The van der Waals surface area contributed by atoms with Crippen molar-refractivity contribution in [3.8, 4) is 0 Å². The van der Waals surface area contributed by atoms with Crippen molar-refractivity contribution in [3.63, 3.8) is 0 Å². The third kappa shape index (κ3) is 2.48. The fraction of sp³-hybridized carbons (Fsp3) is 0.778. The number of aryl methyl sites for hydroxylation is 1. The SMILES string of the molecule is Cc1cccc2c1CC[C@H]1[C@H]2CC[C@]2(C)[C@@H]3[C@H](C[C@@H]12)O[C@@]1(CC[C@H](C)CO1)[C@H]3C. The van der Waals surface area contributed by atoms with Gasteiger partial charge < -0.3 is 9.47 Å². The third-order valence-corrected chi connectivity index (χ3v) is 10.3. The number of fused-ring (bicyclic) bond motifs is 7. The van der Waals surface area contributed by atoms with Crippen LogP contribution in [0.2, 0.25) is 0 Å². The van der Waals surface area contributed by atoms with Gasteiger partial charge in [-0.2, -0.15) is 0 Å². The largest absolute Gasteiger partial charge is 0.349 e. The highest BCUT2D eigenvalue weighted by Gasteiger charge is 2.67. The van der Waals surface area contributed by atoms with E-state index in [-0.39, 0.29) is 5.79 Å². The lowest BCUT2D eigenvalue weighted by Crippen LogP contribution is -2.48. The average molecular weight is 395 g/mol. The zero-order valence-electron chi connectivity index (χ0n) is 18.7. The van der Waals surface area contributed by atoms with Crippen molar-refractivity contribution in [2.24, 2.45) is 35.0 Å². The summed E-state index contributed by atoms with van der Waals surface area (Å²) in [7, 11) is 0. The number of ether oxygens (including phenoxy) is 2. The van der Waals surface area contributed by atoms with Crippen LogP contribution in [0, 0.1) is 41.9 Å². The van der Waals surface area contributed by atoms with Gasteiger partial charge in [0.25, 0.3) is 0 Å². The molecule has 0 radical (unpaired) electrons. The van der Waals surface area contributed by atoms with Gasteiger partial charge in [0.15, 0.2) is 5.79 Å². The van der Waals surface area contributed by atoms with Crippen LogP contribution in [0.5, 0.6) is 0 Å². The molecule has 0 N–H and O–H groups in total. The van der Waals surface area contributed by atoms with E-state index in [1.165, 1.54) is 44.1 Å². The van der Waals surface area contributed by atoms with Crippen LogP contribution >= 0.6 is 0 Å². The Balaban J connectivity index is 1.30. The molecular weight excluding hydrogens is 356 g/mol. The molecule has 1 aromatic rings. The average Bonchev–Trinajstić information content (AvgIpc) is 3.15. The second kappa shape index (κ2) is 6.33. The minimum absolute atomic E-state index is 0.275. The number of hydrogen-bond donors (Lipinski definition) is 0. The molecule has 0 amide bonds. The molecule has 6 rings (SSSR count). The minimum Gasteiger partial charge on any atom is -0.349 e. The molecule has 1 aromatic carbocycles. The van der Waals surface area contributed by atoms with E-state index >= 15 is 0 Å². The summed E-state index contributed by atoms with van der Waals surface area (Å²) in [6.07, 6.45) is 9.46. The summed E-state index contributed by atoms with van der Waals surface area (Å²) >= 11 is 0. The second-order valence-electron chi connectivity index (χ2n) is 11.6. The molecule has 0 aromatic heterocycles. The second-order valence-corrected chi connectivity index (χ2v) is 11.6. The van der Waals surface area contributed by atoms with Gasteiger partial charge in [0.05, 0.1) is 12.7 Å². The van der Waals surface area contributed by atoms with E-state index in [0.29, 0.717) is 29.3 Å². The zero-order valence-corrected chi connectivity index (χ0v) is 18.7. The van der Waals surface area contributed by atoms with Crippen LogP contribution in [0.3, 0.4) is 0 Å². The first-order chi connectivity index (χ1) is 13.9. The summed E-state index contributed by atoms with van der Waals surface area (Å²) < 4.78 is 13.3. The molecule has 5 aliphatic rings. The van der Waals surface area contributed by atoms with E-state index < -0.39 is 0 Å². The first-order valence-electron chi connectivity index (χ1n) is 12.3. The molecule has 0 unspecified atom stereocenters. The number of benzene rings is 1. The topological polar surface area (TPSA) is 18.5 Å². The lowest BCUT2D eigenvalue weighted by atomic mass is 9.52. The monoisotopic (exact) mass is 394 g/mol. The van der Waals surface area contributed by atoms with Gasteiger partial charge in [-0.3, -0.25) is 0 Å². The summed E-state index contributed by atoms with van der Waals surface area (Å²) in [6, 6.07) is 7.05. The highest BCUT2D eigenvalue weighted by atomic mass is 16.7. The molecule has 2 heteroatoms. The summed E-state index contributed by atoms with van der Waals surface area (Å²) in [6.45, 7) is 10.6. The molecule has 2 saturated carbocycles. The molecule has 2 nitrogen and oxygen atoms in total. The highest BCUT2D eigenvalue weighted by molar-refractivity contribution is 5.40. The van der Waals surface area contributed by atoms with Gasteiger partial charge in [-0.25, -0.2) is 0 Å². The molecule has 2 saturated heterocycles. The first kappa shape index (κ1) is 18.9. The predicted octanol–water partition coefficient (Wildman–Crippen LogP) is 6.25. The van der Waals surface area contributed by atoms with Crippen LogP contribution < -0.4 is 0 Å². The van der Waals surface area contributed by atoms with Gasteiger partial charge in [-0.15, -0.1) is 0 Å². The molecule has 4 fully saturated rings. The maximum absolute atomic E-state index is 6.88. The molecule has 158 valence electrons. The maximum atomic E-state index is 6.88. The van der Waals surface area contributed by atoms with Gasteiger partial charge in [0.2, 0.25) is 0 Å². The smallest absolute Gasteiger partial charge is 0.171 e. The Morgan fingerprint density at radius 3 is 2.72 bits per heavy atom. The predicted molar refractivity (Wildman–Crippen MR) is 116 cm³/mol. The van der Waals surface area contributed by atoms with Crippen LogP contribution in [-0.4, -0.2) is 18.5 Å². The number of rotatable bonds is 0. The molecule has 29 heavy (non-hydrogen) atoms. The molecule has 1 spiro atoms. The van der Waals surface area contributed by atoms with E-state index in [4.69, 9.17) is 9.47 Å². The van der Waals surface area contributed by atoms with Crippen molar-refractivity contribution in [1.82, 2.24) is 0 Å². The quantitative estimate of drug-likeness (QED) is 0.517. The Morgan fingerprint density at radius 2 is 1.93 bits per heavy atom. The molecule has 2 heterocycles. The minimum atomic E-state index is -0.275. The highest BCUT2D eigenvalue weighted by Crippen LogP contribution is 2.69. The molecule has 0 bridgehead atoms. The molecule has 9 atom stereocenters. The van der Waals surface area contributed by atoms with E-state index in [9.17, 15) is 0 Å². The Bertz CT molecular complexity index is 807. The first-order valence-corrected chi connectivity index (χ1v) is 12.3. The van der Waals surface area contributed by atoms with Gasteiger partial charge in [-0.05, 0) is 97.1 Å². The van der Waals surface area contributed by atoms with E-state index in [2.05, 4.69) is 45.9 Å². The van der Waals surface area contributed by atoms with Crippen molar-refractivity contribution in [1.29, 1.82) is 0 Å². The Kier molecular flexibility index (Phi) is 4.12.